The van der Waals surface area contributed by atoms with Gasteiger partial charge in [-0.05, 0) is 24.3 Å². The topological polar surface area (TPSA) is 105 Å². The second kappa shape index (κ2) is 8.07. The minimum Gasteiger partial charge on any atom is -0.356 e. The molecule has 0 saturated heterocycles. The lowest BCUT2D eigenvalue weighted by Gasteiger charge is -2.07. The highest BCUT2D eigenvalue weighted by Crippen LogP contribution is 2.06. The first-order valence-electron chi connectivity index (χ1n) is 8.16. The minimum atomic E-state index is -3.59. The Morgan fingerprint density at radius 3 is 2.58 bits per heavy atom. The average Bonchev–Trinajstić information content (AvgIpc) is 3.06. The monoisotopic (exact) mass is 373 g/mol. The third kappa shape index (κ3) is 4.44. The highest BCUT2D eigenvalue weighted by Gasteiger charge is 2.13. The number of nitrogens with zero attached hydrogens (tertiary/aromatic N) is 3. The Morgan fingerprint density at radius 1 is 1.00 bits per heavy atom. The first kappa shape index (κ1) is 18.0. The number of amides is 1. The molecule has 26 heavy (non-hydrogen) atoms. The number of carbonyl (C=O) groups excluding carboxylic acids is 1. The normalized spacial score (nSPS) is 11.5. The maximum absolute atomic E-state index is 12.0. The number of pyridine rings is 1. The lowest BCUT2D eigenvalue weighted by Crippen LogP contribution is -2.31. The fourth-order valence-corrected chi connectivity index (χ4v) is 3.50. The smallest absolute Gasteiger partial charge is 0.240 e. The van der Waals surface area contributed by atoms with E-state index < -0.39 is 10.0 Å². The molecule has 0 bridgehead atoms. The lowest BCUT2D eigenvalue weighted by molar-refractivity contribution is -0.120. The zero-order chi connectivity index (χ0) is 18.4. The Labute approximate surface area is 151 Å². The summed E-state index contributed by atoms with van der Waals surface area (Å²) in [5, 5.41) is 10.9. The van der Waals surface area contributed by atoms with Gasteiger partial charge >= 0.3 is 0 Å². The van der Waals surface area contributed by atoms with Gasteiger partial charge in [-0.1, -0.05) is 24.3 Å². The van der Waals surface area contributed by atoms with Crippen molar-refractivity contribution >= 4 is 21.6 Å². The summed E-state index contributed by atoms with van der Waals surface area (Å²) in [6, 6.07) is 13.7. The molecule has 2 heterocycles. The van der Waals surface area contributed by atoms with Gasteiger partial charge in [0, 0.05) is 32.1 Å². The van der Waals surface area contributed by atoms with E-state index in [2.05, 4.69) is 20.2 Å². The van der Waals surface area contributed by atoms with Gasteiger partial charge < -0.3 is 5.32 Å². The van der Waals surface area contributed by atoms with Crippen molar-refractivity contribution in [3.8, 4) is 0 Å². The van der Waals surface area contributed by atoms with Gasteiger partial charge in [0.1, 0.15) is 5.82 Å². The number of fused-ring (bicyclic) bond motifs is 1. The number of hydrogen-bond donors (Lipinski definition) is 2. The Balaban J connectivity index is 1.42. The molecule has 8 nitrogen and oxygen atoms in total. The van der Waals surface area contributed by atoms with Gasteiger partial charge in [0.05, 0.1) is 4.90 Å². The molecule has 1 amide bonds. The zero-order valence-corrected chi connectivity index (χ0v) is 14.8. The van der Waals surface area contributed by atoms with Crippen LogP contribution >= 0.6 is 0 Å². The molecule has 0 atom stereocenters. The van der Waals surface area contributed by atoms with Gasteiger partial charge in [0.25, 0.3) is 0 Å². The summed E-state index contributed by atoms with van der Waals surface area (Å²) < 4.78 is 28.4. The van der Waals surface area contributed by atoms with Crippen LogP contribution in [0.15, 0.2) is 59.6 Å². The molecular formula is C17H19N5O3S. The SMILES string of the molecule is O=C(CCNS(=O)(=O)c1ccccc1)NCCc1nnc2ccccn12. The largest absolute Gasteiger partial charge is 0.356 e. The van der Waals surface area contributed by atoms with Crippen molar-refractivity contribution in [2.75, 3.05) is 13.1 Å². The van der Waals surface area contributed by atoms with E-state index in [1.807, 2.05) is 28.8 Å². The van der Waals surface area contributed by atoms with E-state index in [0.717, 1.165) is 11.5 Å². The van der Waals surface area contributed by atoms with Gasteiger partial charge in [-0.2, -0.15) is 0 Å². The van der Waals surface area contributed by atoms with E-state index in [-0.39, 0.29) is 23.8 Å². The van der Waals surface area contributed by atoms with Crippen molar-refractivity contribution in [2.24, 2.45) is 0 Å². The zero-order valence-electron chi connectivity index (χ0n) is 14.0. The summed E-state index contributed by atoms with van der Waals surface area (Å²) in [4.78, 5) is 12.0. The Kier molecular flexibility index (Phi) is 5.59. The standard InChI is InChI=1S/C17H19N5O3S/c23-17(10-12-19-26(24,25)14-6-2-1-3-7-14)18-11-9-16-21-20-15-8-4-5-13-22(15)16/h1-8,13,19H,9-12H2,(H,18,23). The molecule has 0 aliphatic rings. The molecule has 3 rings (SSSR count). The molecule has 136 valence electrons. The molecule has 0 aliphatic carbocycles. The van der Waals surface area contributed by atoms with Crippen LogP contribution in [-0.4, -0.2) is 42.0 Å². The molecule has 9 heteroatoms. The van der Waals surface area contributed by atoms with E-state index >= 15 is 0 Å². The highest BCUT2D eigenvalue weighted by molar-refractivity contribution is 7.89. The first-order chi connectivity index (χ1) is 12.6. The van der Waals surface area contributed by atoms with Crippen molar-refractivity contribution in [1.29, 1.82) is 0 Å². The number of rotatable bonds is 8. The van der Waals surface area contributed by atoms with Crippen LogP contribution in [0.1, 0.15) is 12.2 Å². The molecule has 2 aromatic heterocycles. The molecular weight excluding hydrogens is 354 g/mol. The van der Waals surface area contributed by atoms with Crippen molar-refractivity contribution in [3.63, 3.8) is 0 Å². The van der Waals surface area contributed by atoms with Crippen LogP contribution in [0.25, 0.3) is 5.65 Å². The van der Waals surface area contributed by atoms with Crippen LogP contribution in [0.2, 0.25) is 0 Å². The summed E-state index contributed by atoms with van der Waals surface area (Å²) >= 11 is 0. The number of aromatic nitrogens is 3. The molecule has 0 aliphatic heterocycles. The predicted octanol–water partition coefficient (Wildman–Crippen LogP) is 0.757. The molecule has 0 fully saturated rings. The molecule has 2 N–H and O–H groups in total. The number of benzene rings is 1. The summed E-state index contributed by atoms with van der Waals surface area (Å²) in [6.45, 7) is 0.441. The summed E-state index contributed by atoms with van der Waals surface area (Å²) in [5.74, 6) is 0.528. The van der Waals surface area contributed by atoms with E-state index in [1.165, 1.54) is 12.1 Å². The number of hydrogen-bond acceptors (Lipinski definition) is 5. The second-order valence-corrected chi connectivity index (χ2v) is 7.37. The predicted molar refractivity (Wildman–Crippen MR) is 95.9 cm³/mol. The first-order valence-corrected chi connectivity index (χ1v) is 9.65. The van der Waals surface area contributed by atoms with Crippen LogP contribution in [0.4, 0.5) is 0 Å². The minimum absolute atomic E-state index is 0.0386. The molecule has 0 unspecified atom stereocenters. The fourth-order valence-electron chi connectivity index (χ4n) is 2.45. The average molecular weight is 373 g/mol. The Morgan fingerprint density at radius 2 is 1.77 bits per heavy atom. The van der Waals surface area contributed by atoms with Gasteiger partial charge in [0.15, 0.2) is 5.65 Å². The van der Waals surface area contributed by atoms with E-state index in [1.54, 1.807) is 18.2 Å². The molecule has 0 radical (unpaired) electrons. The maximum Gasteiger partial charge on any atom is 0.240 e. The van der Waals surface area contributed by atoms with Gasteiger partial charge in [-0.3, -0.25) is 9.20 Å². The van der Waals surface area contributed by atoms with Crippen LogP contribution in [-0.2, 0) is 21.2 Å². The van der Waals surface area contributed by atoms with E-state index in [0.29, 0.717) is 13.0 Å². The van der Waals surface area contributed by atoms with Crippen molar-refractivity contribution in [3.05, 3.63) is 60.6 Å². The van der Waals surface area contributed by atoms with E-state index in [4.69, 9.17) is 0 Å². The molecule has 0 saturated carbocycles. The molecule has 3 aromatic rings. The highest BCUT2D eigenvalue weighted by atomic mass is 32.2. The molecule has 1 aromatic carbocycles. The third-order valence-corrected chi connectivity index (χ3v) is 5.23. The summed E-state index contributed by atoms with van der Waals surface area (Å²) in [7, 11) is -3.59. The Hall–Kier alpha value is -2.78. The quantitative estimate of drug-likeness (QED) is 0.606. The van der Waals surface area contributed by atoms with E-state index in [9.17, 15) is 13.2 Å². The van der Waals surface area contributed by atoms with Gasteiger partial charge in [-0.15, -0.1) is 10.2 Å². The van der Waals surface area contributed by atoms with Crippen LogP contribution in [0.5, 0.6) is 0 Å². The number of carbonyl (C=O) groups is 1. The van der Waals surface area contributed by atoms with Gasteiger partial charge in [-0.25, -0.2) is 13.1 Å². The summed E-state index contributed by atoms with van der Waals surface area (Å²) in [6.07, 6.45) is 2.46. The fraction of sp³-hybridized carbons (Fsp3) is 0.235. The maximum atomic E-state index is 12.0. The lowest BCUT2D eigenvalue weighted by atomic mass is 10.3. The second-order valence-electron chi connectivity index (χ2n) is 5.61. The van der Waals surface area contributed by atoms with Crippen LogP contribution in [0, 0.1) is 0 Å². The van der Waals surface area contributed by atoms with Crippen molar-refractivity contribution < 1.29 is 13.2 Å². The third-order valence-electron chi connectivity index (χ3n) is 3.75. The Bertz CT molecular complexity index is 986. The van der Waals surface area contributed by atoms with Gasteiger partial charge in [0.2, 0.25) is 15.9 Å². The van der Waals surface area contributed by atoms with Crippen molar-refractivity contribution in [1.82, 2.24) is 24.6 Å². The van der Waals surface area contributed by atoms with Crippen molar-refractivity contribution in [2.45, 2.75) is 17.7 Å². The summed E-state index contributed by atoms with van der Waals surface area (Å²) in [5.41, 5.74) is 0.754. The number of sulfonamides is 1. The molecule has 0 spiro atoms. The van der Waals surface area contributed by atoms with Crippen LogP contribution in [0.3, 0.4) is 0 Å². The van der Waals surface area contributed by atoms with Crippen LogP contribution < -0.4 is 10.0 Å². The number of nitrogens with one attached hydrogen (secondary N) is 2.